The highest BCUT2D eigenvalue weighted by Gasteiger charge is 2.27. The van der Waals surface area contributed by atoms with Crippen molar-refractivity contribution < 1.29 is 22.7 Å². The van der Waals surface area contributed by atoms with E-state index in [-0.39, 0.29) is 29.1 Å². The van der Waals surface area contributed by atoms with Crippen molar-refractivity contribution >= 4 is 56.9 Å². The maximum atomic E-state index is 13.4. The molecular weight excluding hydrogens is 611 g/mol. The lowest BCUT2D eigenvalue weighted by atomic mass is 10.1. The smallest absolute Gasteiger partial charge is 0.264 e. The van der Waals surface area contributed by atoms with Crippen LogP contribution in [0, 0.1) is 0 Å². The summed E-state index contributed by atoms with van der Waals surface area (Å²) in [4.78, 5) is 25.0. The number of hydrazone groups is 1. The Hall–Kier alpha value is -4.38. The second-order valence-electron chi connectivity index (χ2n) is 9.30. The third-order valence-corrected chi connectivity index (χ3v) is 8.39. The van der Waals surface area contributed by atoms with Crippen LogP contribution in [0.5, 0.6) is 5.75 Å². The topological polar surface area (TPSA) is 117 Å². The van der Waals surface area contributed by atoms with E-state index < -0.39 is 22.5 Å². The first-order valence-corrected chi connectivity index (χ1v) is 15.2. The van der Waals surface area contributed by atoms with Gasteiger partial charge in [-0.2, -0.15) is 5.10 Å². The van der Waals surface area contributed by atoms with Crippen LogP contribution in [0.2, 0.25) is 10.0 Å². The first-order valence-electron chi connectivity index (χ1n) is 13.0. The van der Waals surface area contributed by atoms with E-state index in [1.54, 1.807) is 36.4 Å². The van der Waals surface area contributed by atoms with Gasteiger partial charge in [-0.1, -0.05) is 59.6 Å². The summed E-state index contributed by atoms with van der Waals surface area (Å²) in [5, 5.41) is 7.51. The van der Waals surface area contributed by atoms with Crippen molar-refractivity contribution in [2.75, 3.05) is 17.5 Å². The molecule has 2 N–H and O–H groups in total. The molecule has 222 valence electrons. The van der Waals surface area contributed by atoms with Gasteiger partial charge < -0.3 is 10.1 Å². The van der Waals surface area contributed by atoms with Crippen molar-refractivity contribution in [3.63, 3.8) is 0 Å². The predicted octanol–water partition coefficient (Wildman–Crippen LogP) is 5.60. The molecular formula is C31H28Cl2N4O5S. The number of sulfonamides is 1. The molecule has 43 heavy (non-hydrogen) atoms. The van der Waals surface area contributed by atoms with Crippen LogP contribution in [0.1, 0.15) is 24.1 Å². The van der Waals surface area contributed by atoms with E-state index in [9.17, 15) is 18.0 Å². The van der Waals surface area contributed by atoms with Gasteiger partial charge in [-0.3, -0.25) is 13.9 Å². The highest BCUT2D eigenvalue weighted by molar-refractivity contribution is 7.92. The first-order chi connectivity index (χ1) is 20.6. The molecule has 0 aromatic heterocycles. The van der Waals surface area contributed by atoms with Crippen LogP contribution >= 0.6 is 23.2 Å². The van der Waals surface area contributed by atoms with Crippen LogP contribution < -0.4 is 19.8 Å². The van der Waals surface area contributed by atoms with Crippen molar-refractivity contribution in [2.45, 2.75) is 17.9 Å². The van der Waals surface area contributed by atoms with Crippen molar-refractivity contribution in [1.29, 1.82) is 0 Å². The zero-order valence-electron chi connectivity index (χ0n) is 23.0. The number of hydrogen-bond acceptors (Lipinski definition) is 6. The Kier molecular flexibility index (Phi) is 10.8. The normalized spacial score (nSPS) is 12.0. The van der Waals surface area contributed by atoms with Gasteiger partial charge in [0.1, 0.15) is 12.3 Å². The van der Waals surface area contributed by atoms with Crippen LogP contribution in [0.25, 0.3) is 0 Å². The molecule has 4 aromatic rings. The summed E-state index contributed by atoms with van der Waals surface area (Å²) in [6.45, 7) is 1.19. The van der Waals surface area contributed by atoms with E-state index in [1.165, 1.54) is 42.6 Å². The van der Waals surface area contributed by atoms with Gasteiger partial charge in [0, 0.05) is 10.0 Å². The summed E-state index contributed by atoms with van der Waals surface area (Å²) in [5.41, 5.74) is 4.19. The number of halogens is 2. The Balaban J connectivity index is 1.33. The number of ether oxygens (including phenoxy) is 1. The Morgan fingerprint density at radius 2 is 1.58 bits per heavy atom. The lowest BCUT2D eigenvalue weighted by molar-refractivity contribution is -0.123. The molecule has 0 spiro atoms. The lowest BCUT2D eigenvalue weighted by Gasteiger charge is -2.23. The van der Waals surface area contributed by atoms with Crippen molar-refractivity contribution in [3.8, 4) is 5.75 Å². The molecule has 0 saturated carbocycles. The fraction of sp³-hybridized carbons (Fsp3) is 0.129. The fourth-order valence-electron chi connectivity index (χ4n) is 3.93. The summed E-state index contributed by atoms with van der Waals surface area (Å²) in [6, 6.07) is 28.0. The van der Waals surface area contributed by atoms with E-state index >= 15 is 0 Å². The number of anilines is 1. The molecule has 0 radical (unpaired) electrons. The van der Waals surface area contributed by atoms with Crippen LogP contribution in [-0.4, -0.2) is 39.6 Å². The fourth-order valence-corrected chi connectivity index (χ4v) is 5.66. The molecule has 4 aromatic carbocycles. The maximum absolute atomic E-state index is 13.4. The van der Waals surface area contributed by atoms with Gasteiger partial charge in [0.25, 0.3) is 21.8 Å². The largest absolute Gasteiger partial charge is 0.484 e. The molecule has 2 amide bonds. The molecule has 0 aliphatic heterocycles. The van der Waals surface area contributed by atoms with Gasteiger partial charge in [-0.05, 0) is 84.8 Å². The average Bonchev–Trinajstić information content (AvgIpc) is 3.00. The van der Waals surface area contributed by atoms with Gasteiger partial charge in [0.15, 0.2) is 6.61 Å². The molecule has 0 unspecified atom stereocenters. The monoisotopic (exact) mass is 638 g/mol. The Bertz CT molecular complexity index is 1680. The number of nitrogens with one attached hydrogen (secondary N) is 2. The maximum Gasteiger partial charge on any atom is 0.264 e. The van der Waals surface area contributed by atoms with E-state index in [4.69, 9.17) is 27.9 Å². The van der Waals surface area contributed by atoms with Gasteiger partial charge in [0.2, 0.25) is 0 Å². The molecule has 4 rings (SSSR count). The number of benzene rings is 4. The minimum atomic E-state index is -4.14. The third kappa shape index (κ3) is 9.05. The minimum absolute atomic E-state index is 0.0429. The number of carbonyl (C=O) groups excluding carboxylic acids is 2. The van der Waals surface area contributed by atoms with Crippen LogP contribution in [-0.2, 0) is 19.6 Å². The molecule has 0 fully saturated rings. The highest BCUT2D eigenvalue weighted by atomic mass is 35.5. The number of amides is 2. The van der Waals surface area contributed by atoms with Crippen molar-refractivity contribution in [3.05, 3.63) is 124 Å². The molecule has 0 aliphatic rings. The molecule has 0 heterocycles. The quantitative estimate of drug-likeness (QED) is 0.155. The second kappa shape index (κ2) is 14.7. The first kappa shape index (κ1) is 31.6. The highest BCUT2D eigenvalue weighted by Crippen LogP contribution is 2.26. The minimum Gasteiger partial charge on any atom is -0.484 e. The van der Waals surface area contributed by atoms with Gasteiger partial charge in [-0.15, -0.1) is 0 Å². The van der Waals surface area contributed by atoms with E-state index in [1.807, 2.05) is 37.3 Å². The summed E-state index contributed by atoms with van der Waals surface area (Å²) in [7, 11) is -4.14. The van der Waals surface area contributed by atoms with E-state index in [2.05, 4.69) is 15.8 Å². The molecule has 0 aliphatic carbocycles. The van der Waals surface area contributed by atoms with Gasteiger partial charge in [0.05, 0.1) is 22.8 Å². The molecule has 1 atom stereocenters. The van der Waals surface area contributed by atoms with E-state index in [0.717, 1.165) is 9.87 Å². The number of rotatable bonds is 12. The summed E-state index contributed by atoms with van der Waals surface area (Å²) in [6.07, 6.45) is 1.40. The molecule has 12 heteroatoms. The zero-order chi connectivity index (χ0) is 30.8. The number of nitrogens with zero attached hydrogens (tertiary/aromatic N) is 2. The number of carbonyl (C=O) groups is 2. The zero-order valence-corrected chi connectivity index (χ0v) is 25.3. The van der Waals surface area contributed by atoms with Gasteiger partial charge in [-0.25, -0.2) is 13.8 Å². The third-order valence-electron chi connectivity index (χ3n) is 6.11. The Labute approximate surface area is 260 Å². The summed E-state index contributed by atoms with van der Waals surface area (Å²) < 4.78 is 33.3. The standard InChI is InChI=1S/C31H28Cl2N4O5S/c1-22(24-6-3-2-4-7-24)35-31(39)21-42-28-14-10-23(11-15-28)19-34-36-30(38)20-37(27-9-5-8-26(33)18-27)43(40,41)29-16-12-25(32)13-17-29/h2-19,22H,20-21H2,1H3,(H,35,39)(H,36,38)/b34-19-/t22-/m1/s1. The summed E-state index contributed by atoms with van der Waals surface area (Å²) in [5.74, 6) is -0.452. The van der Waals surface area contributed by atoms with Gasteiger partial charge >= 0.3 is 0 Å². The SMILES string of the molecule is C[C@@H](NC(=O)COc1ccc(/C=N\NC(=O)CN(c2cccc(Cl)c2)S(=O)(=O)c2ccc(Cl)cc2)cc1)c1ccccc1. The Morgan fingerprint density at radius 3 is 2.26 bits per heavy atom. The molecule has 0 saturated heterocycles. The lowest BCUT2D eigenvalue weighted by Crippen LogP contribution is -2.39. The van der Waals surface area contributed by atoms with Crippen LogP contribution in [0.15, 0.2) is 113 Å². The molecule has 9 nitrogen and oxygen atoms in total. The molecule has 0 bridgehead atoms. The van der Waals surface area contributed by atoms with Crippen molar-refractivity contribution in [2.24, 2.45) is 5.10 Å². The van der Waals surface area contributed by atoms with Crippen molar-refractivity contribution in [1.82, 2.24) is 10.7 Å². The predicted molar refractivity (Wildman–Crippen MR) is 168 cm³/mol. The summed E-state index contributed by atoms with van der Waals surface area (Å²) >= 11 is 12.0. The number of hydrogen-bond donors (Lipinski definition) is 2. The average molecular weight is 640 g/mol. The van der Waals surface area contributed by atoms with Crippen LogP contribution in [0.4, 0.5) is 5.69 Å². The second-order valence-corrected chi connectivity index (χ2v) is 12.0. The van der Waals surface area contributed by atoms with E-state index in [0.29, 0.717) is 21.4 Å². The Morgan fingerprint density at radius 1 is 0.884 bits per heavy atom. The van der Waals surface area contributed by atoms with Crippen LogP contribution in [0.3, 0.4) is 0 Å².